The fourth-order valence-corrected chi connectivity index (χ4v) is 2.48. The van der Waals surface area contributed by atoms with Gasteiger partial charge in [-0.05, 0) is 32.9 Å². The summed E-state index contributed by atoms with van der Waals surface area (Å²) in [5, 5.41) is 2.44. The zero-order chi connectivity index (χ0) is 16.1. The molecular weight excluding hydrogens is 296 g/mol. The van der Waals surface area contributed by atoms with Crippen LogP contribution in [0.2, 0.25) is 0 Å². The fraction of sp³-hybridized carbons (Fsp3) is 0.500. The minimum absolute atomic E-state index is 0.00983. The van der Waals surface area contributed by atoms with Gasteiger partial charge in [0, 0.05) is 19.3 Å². The van der Waals surface area contributed by atoms with Crippen molar-refractivity contribution in [3.63, 3.8) is 0 Å². The zero-order valence-corrected chi connectivity index (χ0v) is 13.0. The Balaban J connectivity index is 2.46. The fourth-order valence-electron chi connectivity index (χ4n) is 1.37. The summed E-state index contributed by atoms with van der Waals surface area (Å²) in [6.07, 6.45) is 0.792. The van der Waals surface area contributed by atoms with Gasteiger partial charge in [-0.15, -0.1) is 0 Å². The van der Waals surface area contributed by atoms with E-state index in [1.807, 2.05) is 0 Å². The molecule has 4 N–H and O–H groups in total. The summed E-state index contributed by atoms with van der Waals surface area (Å²) in [6.45, 7) is 5.31. The van der Waals surface area contributed by atoms with Crippen molar-refractivity contribution in [1.82, 2.24) is 15.0 Å². The maximum atomic E-state index is 12.0. The number of carbonyl (C=O) groups is 1. The molecule has 1 rings (SSSR count). The molecule has 0 aliphatic carbocycles. The van der Waals surface area contributed by atoms with Gasteiger partial charge in [-0.3, -0.25) is 0 Å². The summed E-state index contributed by atoms with van der Waals surface area (Å²) in [7, 11) is -3.75. The third-order valence-electron chi connectivity index (χ3n) is 2.17. The molecule has 1 aromatic rings. The van der Waals surface area contributed by atoms with Crippen molar-refractivity contribution in [1.29, 1.82) is 0 Å². The number of anilines is 1. The Kier molecular flexibility index (Phi) is 5.50. The maximum Gasteiger partial charge on any atom is 0.407 e. The number of carbonyl (C=O) groups excluding carboxylic acids is 1. The Hall–Kier alpha value is -1.87. The van der Waals surface area contributed by atoms with Crippen molar-refractivity contribution < 1.29 is 17.9 Å². The lowest BCUT2D eigenvalue weighted by Gasteiger charge is -2.19. The third-order valence-corrected chi connectivity index (χ3v) is 3.68. The van der Waals surface area contributed by atoms with Crippen LogP contribution in [0.15, 0.2) is 23.2 Å². The number of rotatable bonds is 5. The highest BCUT2D eigenvalue weighted by atomic mass is 32.2. The van der Waals surface area contributed by atoms with E-state index in [0.717, 1.165) is 0 Å². The second-order valence-corrected chi connectivity index (χ2v) is 6.95. The number of nitrogens with zero attached hydrogens (tertiary/aromatic N) is 1. The number of nitrogens with two attached hydrogens (primary N) is 1. The number of aromatic nitrogens is 1. The van der Waals surface area contributed by atoms with E-state index in [0.29, 0.717) is 0 Å². The average Bonchev–Trinajstić information content (AvgIpc) is 2.33. The number of ether oxygens (including phenoxy) is 1. The quantitative estimate of drug-likeness (QED) is 0.678. The lowest BCUT2D eigenvalue weighted by atomic mass is 10.2. The Morgan fingerprint density at radius 2 is 2.05 bits per heavy atom. The molecule has 0 bridgehead atoms. The second-order valence-electron chi connectivity index (χ2n) is 5.21. The van der Waals surface area contributed by atoms with Crippen molar-refractivity contribution in [3.8, 4) is 0 Å². The van der Waals surface area contributed by atoms with Crippen LogP contribution in [0.25, 0.3) is 0 Å². The van der Waals surface area contributed by atoms with E-state index in [4.69, 9.17) is 10.5 Å². The molecule has 118 valence electrons. The zero-order valence-electron chi connectivity index (χ0n) is 12.2. The Bertz CT molecular complexity index is 596. The third kappa shape index (κ3) is 5.96. The number of nitrogen functional groups attached to an aromatic ring is 1. The Morgan fingerprint density at radius 3 is 2.62 bits per heavy atom. The van der Waals surface area contributed by atoms with Crippen molar-refractivity contribution >= 4 is 21.9 Å². The molecule has 9 heteroatoms. The minimum atomic E-state index is -3.75. The van der Waals surface area contributed by atoms with Gasteiger partial charge in [-0.1, -0.05) is 0 Å². The highest BCUT2D eigenvalue weighted by Gasteiger charge is 2.18. The molecule has 1 heterocycles. The number of hydrogen-bond acceptors (Lipinski definition) is 6. The predicted octanol–water partition coefficient (Wildman–Crippen LogP) is 0.467. The van der Waals surface area contributed by atoms with E-state index in [1.54, 1.807) is 20.8 Å². The van der Waals surface area contributed by atoms with E-state index in [-0.39, 0.29) is 23.8 Å². The number of amides is 1. The monoisotopic (exact) mass is 316 g/mol. The summed E-state index contributed by atoms with van der Waals surface area (Å²) in [4.78, 5) is 15.0. The Labute approximate surface area is 124 Å². The van der Waals surface area contributed by atoms with Crippen LogP contribution in [0.5, 0.6) is 0 Å². The van der Waals surface area contributed by atoms with Crippen LogP contribution in [0, 0.1) is 0 Å². The summed E-state index contributed by atoms with van der Waals surface area (Å²) in [5.41, 5.74) is 4.91. The second kappa shape index (κ2) is 6.72. The number of pyridine rings is 1. The van der Waals surface area contributed by atoms with Crippen LogP contribution in [0.1, 0.15) is 20.8 Å². The maximum absolute atomic E-state index is 12.0. The first-order valence-electron chi connectivity index (χ1n) is 6.29. The van der Waals surface area contributed by atoms with Crippen molar-refractivity contribution in [2.75, 3.05) is 18.8 Å². The first kappa shape index (κ1) is 17.2. The summed E-state index contributed by atoms with van der Waals surface area (Å²) < 4.78 is 31.2. The van der Waals surface area contributed by atoms with Crippen molar-refractivity contribution in [3.05, 3.63) is 18.3 Å². The molecule has 0 atom stereocenters. The van der Waals surface area contributed by atoms with E-state index in [9.17, 15) is 13.2 Å². The first-order valence-corrected chi connectivity index (χ1v) is 7.77. The summed E-state index contributed by atoms with van der Waals surface area (Å²) in [5.74, 6) is -0.0786. The topological polar surface area (TPSA) is 123 Å². The number of sulfonamides is 1. The molecule has 21 heavy (non-hydrogen) atoms. The molecule has 0 radical (unpaired) electrons. The molecule has 0 unspecified atom stereocenters. The molecule has 0 aliphatic rings. The minimum Gasteiger partial charge on any atom is -0.444 e. The van der Waals surface area contributed by atoms with Crippen LogP contribution in [0.3, 0.4) is 0 Å². The number of alkyl carbamates (subject to hydrolysis) is 1. The lowest BCUT2D eigenvalue weighted by Crippen LogP contribution is -2.38. The largest absolute Gasteiger partial charge is 0.444 e. The van der Waals surface area contributed by atoms with Crippen molar-refractivity contribution in [2.45, 2.75) is 31.3 Å². The molecule has 0 aliphatic heterocycles. The van der Waals surface area contributed by atoms with Crippen LogP contribution >= 0.6 is 0 Å². The standard InChI is InChI=1S/C12H20N4O4S/c1-12(2,3)20-11(17)15-7-8-16-21(18,19)9-5-4-6-14-10(9)13/h4-6,16H,7-8H2,1-3H3,(H2,13,14)(H,15,17). The molecule has 1 aromatic heterocycles. The van der Waals surface area contributed by atoms with E-state index < -0.39 is 21.7 Å². The van der Waals surface area contributed by atoms with Crippen LogP contribution in [-0.2, 0) is 14.8 Å². The highest BCUT2D eigenvalue weighted by molar-refractivity contribution is 7.89. The van der Waals surface area contributed by atoms with Gasteiger partial charge in [0.15, 0.2) is 0 Å². The van der Waals surface area contributed by atoms with E-state index >= 15 is 0 Å². The van der Waals surface area contributed by atoms with Crippen LogP contribution in [0.4, 0.5) is 10.6 Å². The van der Waals surface area contributed by atoms with Gasteiger partial charge < -0.3 is 15.8 Å². The molecule has 0 aromatic carbocycles. The van der Waals surface area contributed by atoms with Crippen molar-refractivity contribution in [2.24, 2.45) is 0 Å². The molecule has 0 saturated heterocycles. The molecule has 8 nitrogen and oxygen atoms in total. The number of nitrogens with one attached hydrogen (secondary N) is 2. The smallest absolute Gasteiger partial charge is 0.407 e. The Morgan fingerprint density at radius 1 is 1.38 bits per heavy atom. The van der Waals surface area contributed by atoms with Gasteiger partial charge in [-0.2, -0.15) is 0 Å². The molecule has 0 spiro atoms. The molecule has 0 fully saturated rings. The molecule has 0 saturated carbocycles. The van der Waals surface area contributed by atoms with Gasteiger partial charge in [0.05, 0.1) is 0 Å². The van der Waals surface area contributed by atoms with Gasteiger partial charge in [-0.25, -0.2) is 22.9 Å². The normalized spacial score (nSPS) is 12.0. The van der Waals surface area contributed by atoms with Gasteiger partial charge in [0.1, 0.15) is 16.3 Å². The van der Waals surface area contributed by atoms with E-state index in [2.05, 4.69) is 15.0 Å². The van der Waals surface area contributed by atoms with E-state index in [1.165, 1.54) is 18.3 Å². The average molecular weight is 316 g/mol. The molecule has 1 amide bonds. The SMILES string of the molecule is CC(C)(C)OC(=O)NCCNS(=O)(=O)c1cccnc1N. The van der Waals surface area contributed by atoms with Crippen LogP contribution < -0.4 is 15.8 Å². The van der Waals surface area contributed by atoms with Gasteiger partial charge >= 0.3 is 6.09 Å². The lowest BCUT2D eigenvalue weighted by molar-refractivity contribution is 0.0529. The van der Waals surface area contributed by atoms with Crippen LogP contribution in [-0.4, -0.2) is 38.2 Å². The summed E-state index contributed by atoms with van der Waals surface area (Å²) >= 11 is 0. The van der Waals surface area contributed by atoms with Gasteiger partial charge in [0.25, 0.3) is 0 Å². The number of hydrogen-bond donors (Lipinski definition) is 3. The highest BCUT2D eigenvalue weighted by Crippen LogP contribution is 2.13. The predicted molar refractivity (Wildman–Crippen MR) is 78.1 cm³/mol. The summed E-state index contributed by atoms with van der Waals surface area (Å²) in [6, 6.07) is 2.83. The molecular formula is C12H20N4O4S. The van der Waals surface area contributed by atoms with Gasteiger partial charge in [0.2, 0.25) is 10.0 Å². The first-order chi connectivity index (χ1) is 9.62.